The summed E-state index contributed by atoms with van der Waals surface area (Å²) >= 11 is 6.20. The number of rotatable bonds is 2. The van der Waals surface area contributed by atoms with Crippen LogP contribution in [0.3, 0.4) is 0 Å². The zero-order valence-corrected chi connectivity index (χ0v) is 11.5. The van der Waals surface area contributed by atoms with Gasteiger partial charge in [0.15, 0.2) is 5.84 Å². The number of oxime groups is 1. The van der Waals surface area contributed by atoms with E-state index < -0.39 is 0 Å². The Kier molecular flexibility index (Phi) is 3.27. The van der Waals surface area contributed by atoms with E-state index in [0.717, 1.165) is 30.6 Å². The minimum atomic E-state index is 0.0508. The molecule has 0 amide bonds. The highest BCUT2D eigenvalue weighted by atomic mass is 35.5. The predicted octanol–water partition coefficient (Wildman–Crippen LogP) is 2.67. The average molecular weight is 280 g/mol. The van der Waals surface area contributed by atoms with Gasteiger partial charge in [-0.1, -0.05) is 23.2 Å². The largest absolute Gasteiger partial charge is 0.409 e. The zero-order valence-electron chi connectivity index (χ0n) is 10.7. The fourth-order valence-electron chi connectivity index (χ4n) is 3.41. The van der Waals surface area contributed by atoms with E-state index in [0.29, 0.717) is 10.6 Å². The first kappa shape index (κ1) is 12.6. The number of nitrogens with two attached hydrogens (primary N) is 1. The molecule has 1 saturated carbocycles. The predicted molar refractivity (Wildman–Crippen MR) is 77.0 cm³/mol. The third-order valence-electron chi connectivity index (χ3n) is 4.43. The fourth-order valence-corrected chi connectivity index (χ4v) is 3.68. The summed E-state index contributed by atoms with van der Waals surface area (Å²) in [6, 6.07) is 5.73. The van der Waals surface area contributed by atoms with E-state index in [2.05, 4.69) is 10.1 Å². The summed E-state index contributed by atoms with van der Waals surface area (Å²) in [6.45, 7) is 2.26. The second-order valence-corrected chi connectivity index (χ2v) is 5.91. The summed E-state index contributed by atoms with van der Waals surface area (Å²) in [7, 11) is 0. The lowest BCUT2D eigenvalue weighted by Crippen LogP contribution is -2.21. The fraction of sp³-hybridized carbons (Fsp3) is 0.500. The van der Waals surface area contributed by atoms with Gasteiger partial charge in [-0.2, -0.15) is 0 Å². The van der Waals surface area contributed by atoms with Crippen LogP contribution in [-0.4, -0.2) is 24.1 Å². The van der Waals surface area contributed by atoms with Gasteiger partial charge in [0.05, 0.1) is 5.02 Å². The van der Waals surface area contributed by atoms with Crippen LogP contribution < -0.4 is 10.6 Å². The molecule has 0 aromatic heterocycles. The summed E-state index contributed by atoms with van der Waals surface area (Å²) in [5, 5.41) is 12.2. The Hall–Kier alpha value is -1.42. The highest BCUT2D eigenvalue weighted by Crippen LogP contribution is 2.40. The van der Waals surface area contributed by atoms with Crippen LogP contribution in [0.2, 0.25) is 5.02 Å². The summed E-state index contributed by atoms with van der Waals surface area (Å²) in [4.78, 5) is 2.40. The molecule has 0 spiro atoms. The van der Waals surface area contributed by atoms with Crippen LogP contribution in [0.1, 0.15) is 24.8 Å². The molecule has 3 N–H and O–H groups in total. The van der Waals surface area contributed by atoms with Crippen LogP contribution in [0.5, 0.6) is 0 Å². The Labute approximate surface area is 117 Å². The molecule has 2 unspecified atom stereocenters. The molecule has 0 radical (unpaired) electrons. The third kappa shape index (κ3) is 2.25. The molecule has 1 aromatic rings. The Morgan fingerprint density at radius 1 is 1.32 bits per heavy atom. The molecule has 1 aliphatic heterocycles. The standard InChI is InChI=1S/C14H18ClN3O/c15-13-6-11(4-5-12(13)14(16)17-19)18-7-9-2-1-3-10(9)8-18/h4-6,9-10,19H,1-3,7-8H2,(H2,16,17). The molecule has 1 heterocycles. The van der Waals surface area contributed by atoms with Gasteiger partial charge in [0, 0.05) is 24.3 Å². The Balaban J connectivity index is 1.81. The van der Waals surface area contributed by atoms with Crippen LogP contribution in [-0.2, 0) is 0 Å². The molecule has 5 heteroatoms. The van der Waals surface area contributed by atoms with Crippen molar-refractivity contribution in [3.63, 3.8) is 0 Å². The quantitative estimate of drug-likeness (QED) is 0.379. The van der Waals surface area contributed by atoms with Crippen molar-refractivity contribution in [3.05, 3.63) is 28.8 Å². The summed E-state index contributed by atoms with van der Waals surface area (Å²) in [5.41, 5.74) is 7.28. The lowest BCUT2D eigenvalue weighted by atomic mass is 10.0. The van der Waals surface area contributed by atoms with Crippen molar-refractivity contribution < 1.29 is 5.21 Å². The Bertz CT molecular complexity index is 505. The SMILES string of the molecule is N/C(=N/O)c1ccc(N2CC3CCCC3C2)cc1Cl. The van der Waals surface area contributed by atoms with Crippen molar-refractivity contribution in [2.75, 3.05) is 18.0 Å². The maximum Gasteiger partial charge on any atom is 0.171 e. The molecule has 1 saturated heterocycles. The van der Waals surface area contributed by atoms with Crippen LogP contribution in [0.4, 0.5) is 5.69 Å². The zero-order chi connectivity index (χ0) is 13.4. The van der Waals surface area contributed by atoms with Crippen LogP contribution >= 0.6 is 11.6 Å². The number of benzene rings is 1. The van der Waals surface area contributed by atoms with Gasteiger partial charge in [-0.3, -0.25) is 0 Å². The second kappa shape index (κ2) is 4.93. The van der Waals surface area contributed by atoms with E-state index in [1.165, 1.54) is 19.3 Å². The van der Waals surface area contributed by atoms with E-state index in [4.69, 9.17) is 22.5 Å². The lowest BCUT2D eigenvalue weighted by molar-refractivity contribution is 0.318. The van der Waals surface area contributed by atoms with Crippen LogP contribution in [0, 0.1) is 11.8 Å². The molecular weight excluding hydrogens is 262 g/mol. The molecule has 1 aromatic carbocycles. The maximum atomic E-state index is 8.70. The van der Waals surface area contributed by atoms with Gasteiger partial charge in [-0.15, -0.1) is 0 Å². The van der Waals surface area contributed by atoms with Crippen molar-refractivity contribution in [1.29, 1.82) is 0 Å². The first-order chi connectivity index (χ1) is 9.19. The van der Waals surface area contributed by atoms with Crippen LogP contribution in [0.15, 0.2) is 23.4 Å². The maximum absolute atomic E-state index is 8.70. The van der Waals surface area contributed by atoms with Crippen molar-refractivity contribution >= 4 is 23.1 Å². The highest BCUT2D eigenvalue weighted by molar-refractivity contribution is 6.34. The van der Waals surface area contributed by atoms with Crippen molar-refractivity contribution in [3.8, 4) is 0 Å². The van der Waals surface area contributed by atoms with E-state index in [-0.39, 0.29) is 5.84 Å². The number of nitrogens with zero attached hydrogens (tertiary/aromatic N) is 2. The summed E-state index contributed by atoms with van der Waals surface area (Å²) in [5.74, 6) is 1.75. The van der Waals surface area contributed by atoms with Gasteiger partial charge in [0.25, 0.3) is 0 Å². The third-order valence-corrected chi connectivity index (χ3v) is 4.74. The number of fused-ring (bicyclic) bond motifs is 1. The van der Waals surface area contributed by atoms with Crippen molar-refractivity contribution in [1.82, 2.24) is 0 Å². The van der Waals surface area contributed by atoms with Gasteiger partial charge < -0.3 is 15.8 Å². The van der Waals surface area contributed by atoms with Crippen molar-refractivity contribution in [2.45, 2.75) is 19.3 Å². The minimum Gasteiger partial charge on any atom is -0.409 e. The van der Waals surface area contributed by atoms with Crippen LogP contribution in [0.25, 0.3) is 0 Å². The highest BCUT2D eigenvalue weighted by Gasteiger charge is 2.36. The topological polar surface area (TPSA) is 61.9 Å². The Morgan fingerprint density at radius 2 is 2.00 bits per heavy atom. The molecule has 2 fully saturated rings. The molecule has 102 valence electrons. The number of halogens is 1. The lowest BCUT2D eigenvalue weighted by Gasteiger charge is -2.20. The molecular formula is C14H18ClN3O. The first-order valence-corrected chi connectivity index (χ1v) is 7.09. The minimum absolute atomic E-state index is 0.0508. The molecule has 19 heavy (non-hydrogen) atoms. The molecule has 2 atom stereocenters. The first-order valence-electron chi connectivity index (χ1n) is 6.71. The van der Waals surface area contributed by atoms with Gasteiger partial charge >= 0.3 is 0 Å². The van der Waals surface area contributed by atoms with Gasteiger partial charge in [-0.25, -0.2) is 0 Å². The summed E-state index contributed by atoms with van der Waals surface area (Å²) < 4.78 is 0. The molecule has 3 rings (SSSR count). The van der Waals surface area contributed by atoms with Gasteiger partial charge in [0.1, 0.15) is 0 Å². The normalized spacial score (nSPS) is 26.8. The average Bonchev–Trinajstić information content (AvgIpc) is 2.98. The number of hydrogen-bond donors (Lipinski definition) is 2. The Morgan fingerprint density at radius 3 is 2.58 bits per heavy atom. The van der Waals surface area contributed by atoms with E-state index >= 15 is 0 Å². The number of hydrogen-bond acceptors (Lipinski definition) is 3. The monoisotopic (exact) mass is 279 g/mol. The van der Waals surface area contributed by atoms with Gasteiger partial charge in [0.2, 0.25) is 0 Å². The molecule has 4 nitrogen and oxygen atoms in total. The van der Waals surface area contributed by atoms with E-state index in [9.17, 15) is 0 Å². The molecule has 0 bridgehead atoms. The van der Waals surface area contributed by atoms with Gasteiger partial charge in [-0.05, 0) is 42.9 Å². The summed E-state index contributed by atoms with van der Waals surface area (Å²) in [6.07, 6.45) is 4.10. The van der Waals surface area contributed by atoms with E-state index in [1.54, 1.807) is 0 Å². The molecule has 1 aliphatic carbocycles. The number of anilines is 1. The van der Waals surface area contributed by atoms with Crippen molar-refractivity contribution in [2.24, 2.45) is 22.7 Å². The number of amidine groups is 1. The van der Waals surface area contributed by atoms with E-state index in [1.807, 2.05) is 18.2 Å². The smallest absolute Gasteiger partial charge is 0.171 e. The molecule has 2 aliphatic rings. The second-order valence-electron chi connectivity index (χ2n) is 5.51.